The van der Waals surface area contributed by atoms with E-state index in [1.54, 1.807) is 11.3 Å². The van der Waals surface area contributed by atoms with Crippen molar-refractivity contribution in [1.29, 1.82) is 0 Å². The maximum absolute atomic E-state index is 12.5. The van der Waals surface area contributed by atoms with Gasteiger partial charge in [-0.3, -0.25) is 4.79 Å². The van der Waals surface area contributed by atoms with E-state index < -0.39 is 0 Å². The summed E-state index contributed by atoms with van der Waals surface area (Å²) in [5, 5.41) is 0. The molecule has 0 fully saturated rings. The van der Waals surface area contributed by atoms with Gasteiger partial charge in [-0.2, -0.15) is 0 Å². The van der Waals surface area contributed by atoms with Crippen molar-refractivity contribution in [2.45, 2.75) is 40.0 Å². The van der Waals surface area contributed by atoms with Crippen molar-refractivity contribution < 1.29 is 4.79 Å². The first kappa shape index (κ1) is 14.0. The van der Waals surface area contributed by atoms with Crippen LogP contribution in [0.2, 0.25) is 0 Å². The van der Waals surface area contributed by atoms with Crippen molar-refractivity contribution in [2.75, 3.05) is 0 Å². The minimum Gasteiger partial charge on any atom is -0.288 e. The molecule has 0 aliphatic heterocycles. The highest BCUT2D eigenvalue weighted by Gasteiger charge is 2.17. The molecule has 0 saturated heterocycles. The molecule has 0 unspecified atom stereocenters. The Kier molecular flexibility index (Phi) is 3.64. The highest BCUT2D eigenvalue weighted by Crippen LogP contribution is 2.26. The molecular weight excluding hydrogens is 252 g/mol. The zero-order valence-corrected chi connectivity index (χ0v) is 13.0. The van der Waals surface area contributed by atoms with E-state index in [4.69, 9.17) is 0 Å². The van der Waals surface area contributed by atoms with Crippen LogP contribution in [0.5, 0.6) is 0 Å². The molecule has 2 heteroatoms. The first-order chi connectivity index (χ1) is 8.79. The van der Waals surface area contributed by atoms with E-state index in [0.29, 0.717) is 0 Å². The Morgan fingerprint density at radius 3 is 2.05 bits per heavy atom. The van der Waals surface area contributed by atoms with E-state index in [1.807, 2.05) is 26.0 Å². The van der Waals surface area contributed by atoms with Gasteiger partial charge in [0.15, 0.2) is 0 Å². The number of rotatable bonds is 2. The number of carbonyl (C=O) groups is 1. The molecule has 0 N–H and O–H groups in total. The maximum atomic E-state index is 12.5. The summed E-state index contributed by atoms with van der Waals surface area (Å²) in [4.78, 5) is 14.5. The van der Waals surface area contributed by atoms with E-state index >= 15 is 0 Å². The smallest absolute Gasteiger partial charge is 0.203 e. The number of carbonyl (C=O) groups excluding carboxylic acids is 1. The highest BCUT2D eigenvalue weighted by molar-refractivity contribution is 7.14. The molecule has 100 valence electrons. The summed E-state index contributed by atoms with van der Waals surface area (Å²) < 4.78 is 0. The number of hydrogen-bond donors (Lipinski definition) is 0. The molecule has 2 aromatic rings. The fourth-order valence-corrected chi connectivity index (χ4v) is 3.11. The lowest BCUT2D eigenvalue weighted by Gasteiger charge is -2.18. The molecule has 0 atom stereocenters. The first-order valence-electron chi connectivity index (χ1n) is 6.51. The quantitative estimate of drug-likeness (QED) is 0.711. The molecule has 0 radical (unpaired) electrons. The average Bonchev–Trinajstić information content (AvgIpc) is 2.66. The van der Waals surface area contributed by atoms with Gasteiger partial charge < -0.3 is 0 Å². The minimum absolute atomic E-state index is 0.122. The van der Waals surface area contributed by atoms with Gasteiger partial charge in [0.1, 0.15) is 0 Å². The summed E-state index contributed by atoms with van der Waals surface area (Å²) in [6, 6.07) is 10.1. The zero-order valence-electron chi connectivity index (χ0n) is 12.2. The number of hydrogen-bond acceptors (Lipinski definition) is 2. The zero-order chi connectivity index (χ0) is 14.2. The van der Waals surface area contributed by atoms with E-state index in [9.17, 15) is 4.79 Å². The average molecular weight is 272 g/mol. The van der Waals surface area contributed by atoms with Crippen LogP contribution < -0.4 is 0 Å². The normalized spacial score (nSPS) is 11.6. The monoisotopic (exact) mass is 272 g/mol. The molecule has 1 heterocycles. The fraction of sp³-hybridized carbons (Fsp3) is 0.353. The largest absolute Gasteiger partial charge is 0.288 e. The van der Waals surface area contributed by atoms with Crippen molar-refractivity contribution in [3.8, 4) is 0 Å². The van der Waals surface area contributed by atoms with Gasteiger partial charge in [-0.1, -0.05) is 45.0 Å². The van der Waals surface area contributed by atoms with Gasteiger partial charge in [0.2, 0.25) is 5.78 Å². The van der Waals surface area contributed by atoms with Gasteiger partial charge in [-0.05, 0) is 36.5 Å². The summed E-state index contributed by atoms with van der Waals surface area (Å²) >= 11 is 1.58. The fourth-order valence-electron chi connectivity index (χ4n) is 2.12. The molecule has 19 heavy (non-hydrogen) atoms. The number of aryl methyl sites for hydroxylation is 2. The van der Waals surface area contributed by atoms with Crippen LogP contribution in [0.4, 0.5) is 0 Å². The topological polar surface area (TPSA) is 17.1 Å². The van der Waals surface area contributed by atoms with Crippen LogP contribution in [0.25, 0.3) is 0 Å². The Morgan fingerprint density at radius 1 is 1.05 bits per heavy atom. The van der Waals surface area contributed by atoms with E-state index in [0.717, 1.165) is 16.0 Å². The second-order valence-electron chi connectivity index (χ2n) is 6.03. The Hall–Kier alpha value is -1.41. The third-order valence-corrected chi connectivity index (χ3v) is 4.41. The lowest BCUT2D eigenvalue weighted by molar-refractivity contribution is 0.104. The van der Waals surface area contributed by atoms with Crippen LogP contribution in [-0.4, -0.2) is 5.78 Å². The van der Waals surface area contributed by atoms with Crippen LogP contribution in [0.3, 0.4) is 0 Å². The van der Waals surface area contributed by atoms with E-state index in [2.05, 4.69) is 39.0 Å². The molecule has 1 aromatic heterocycles. The molecule has 0 saturated carbocycles. The van der Waals surface area contributed by atoms with Gasteiger partial charge >= 0.3 is 0 Å². The van der Waals surface area contributed by atoms with Crippen molar-refractivity contribution in [2.24, 2.45) is 0 Å². The van der Waals surface area contributed by atoms with Gasteiger partial charge in [0.25, 0.3) is 0 Å². The summed E-state index contributed by atoms with van der Waals surface area (Å²) in [5.74, 6) is 0.135. The van der Waals surface area contributed by atoms with E-state index in [1.165, 1.54) is 10.4 Å². The lowest BCUT2D eigenvalue weighted by Crippen LogP contribution is -2.11. The lowest BCUT2D eigenvalue weighted by atomic mass is 9.86. The van der Waals surface area contributed by atoms with Crippen molar-refractivity contribution in [3.63, 3.8) is 0 Å². The van der Waals surface area contributed by atoms with Crippen molar-refractivity contribution in [1.82, 2.24) is 0 Å². The molecule has 0 spiro atoms. The van der Waals surface area contributed by atoms with Crippen molar-refractivity contribution in [3.05, 3.63) is 56.8 Å². The van der Waals surface area contributed by atoms with E-state index in [-0.39, 0.29) is 11.2 Å². The third-order valence-electron chi connectivity index (χ3n) is 3.26. The standard InChI is InChI=1S/C17H20OS/c1-11-10-12(2)19-16(11)15(18)13-6-8-14(9-7-13)17(3,4)5/h6-10H,1-5H3. The highest BCUT2D eigenvalue weighted by atomic mass is 32.1. The summed E-state index contributed by atoms with van der Waals surface area (Å²) in [6.45, 7) is 10.6. The summed E-state index contributed by atoms with van der Waals surface area (Å²) in [5.41, 5.74) is 3.23. The Morgan fingerprint density at radius 2 is 1.63 bits per heavy atom. The maximum Gasteiger partial charge on any atom is 0.203 e. The van der Waals surface area contributed by atoms with Crippen LogP contribution in [-0.2, 0) is 5.41 Å². The second kappa shape index (κ2) is 4.93. The van der Waals surface area contributed by atoms with Gasteiger partial charge in [-0.15, -0.1) is 11.3 Å². The Balaban J connectivity index is 2.33. The molecule has 0 amide bonds. The summed E-state index contributed by atoms with van der Waals surface area (Å²) in [7, 11) is 0. The molecule has 0 aliphatic rings. The van der Waals surface area contributed by atoms with Crippen LogP contribution in [0.15, 0.2) is 30.3 Å². The van der Waals surface area contributed by atoms with Gasteiger partial charge in [0, 0.05) is 10.4 Å². The predicted octanol–water partition coefficient (Wildman–Crippen LogP) is 4.89. The van der Waals surface area contributed by atoms with Crippen molar-refractivity contribution >= 4 is 17.1 Å². The Labute approximate surface area is 119 Å². The molecule has 0 aliphatic carbocycles. The second-order valence-corrected chi connectivity index (χ2v) is 7.28. The Bertz CT molecular complexity index is 597. The summed E-state index contributed by atoms with van der Waals surface area (Å²) in [6.07, 6.45) is 0. The van der Waals surface area contributed by atoms with Crippen LogP contribution >= 0.6 is 11.3 Å². The number of benzene rings is 1. The first-order valence-corrected chi connectivity index (χ1v) is 7.33. The molecule has 1 aromatic carbocycles. The predicted molar refractivity (Wildman–Crippen MR) is 82.4 cm³/mol. The number of thiophene rings is 1. The molecule has 1 nitrogen and oxygen atoms in total. The SMILES string of the molecule is Cc1cc(C)c(C(=O)c2ccc(C(C)(C)C)cc2)s1. The van der Waals surface area contributed by atoms with Gasteiger partial charge in [-0.25, -0.2) is 0 Å². The minimum atomic E-state index is 0.122. The van der Waals surface area contributed by atoms with Crippen LogP contribution in [0, 0.1) is 13.8 Å². The molecular formula is C17H20OS. The molecule has 0 bridgehead atoms. The third kappa shape index (κ3) is 2.95. The molecule has 2 rings (SSSR count). The number of ketones is 1. The van der Waals surface area contributed by atoms with Gasteiger partial charge in [0.05, 0.1) is 4.88 Å². The van der Waals surface area contributed by atoms with Crippen LogP contribution in [0.1, 0.15) is 52.0 Å².